The van der Waals surface area contributed by atoms with Gasteiger partial charge in [0.15, 0.2) is 0 Å². The Morgan fingerprint density at radius 1 is 1.24 bits per heavy atom. The highest BCUT2D eigenvalue weighted by atomic mass is 32.1. The average molecular weight is 303 g/mol. The number of aromatic nitrogens is 1. The number of methoxy groups -OCH3 is 1. The smallest absolute Gasteiger partial charge is 0.265 e. The molecule has 1 saturated heterocycles. The van der Waals surface area contributed by atoms with Crippen LogP contribution in [0.15, 0.2) is 36.0 Å². The molecule has 110 valence electrons. The predicted octanol–water partition coefficient (Wildman–Crippen LogP) is 2.11. The average Bonchev–Trinajstić information content (AvgIpc) is 3.09. The Bertz CT molecular complexity index is 607. The number of para-hydroxylation sites is 2. The summed E-state index contributed by atoms with van der Waals surface area (Å²) in [4.78, 5) is 21.1. The molecular weight excluding hydrogens is 286 g/mol. The third-order valence-electron chi connectivity index (χ3n) is 3.64. The number of carbonyl (C=O) groups excluding carboxylic acids is 1. The highest BCUT2D eigenvalue weighted by Gasteiger charge is 2.24. The van der Waals surface area contributed by atoms with Gasteiger partial charge in [-0.1, -0.05) is 12.1 Å². The maximum absolute atomic E-state index is 12.3. The molecule has 2 heterocycles. The van der Waals surface area contributed by atoms with Gasteiger partial charge in [-0.3, -0.25) is 9.78 Å². The zero-order chi connectivity index (χ0) is 14.7. The quantitative estimate of drug-likeness (QED) is 0.871. The molecule has 1 aliphatic rings. The van der Waals surface area contributed by atoms with Crippen molar-refractivity contribution in [3.05, 3.63) is 40.8 Å². The van der Waals surface area contributed by atoms with Gasteiger partial charge >= 0.3 is 0 Å². The van der Waals surface area contributed by atoms with Gasteiger partial charge in [0.2, 0.25) is 0 Å². The van der Waals surface area contributed by atoms with Crippen molar-refractivity contribution >= 4 is 22.9 Å². The van der Waals surface area contributed by atoms with Gasteiger partial charge in [0.25, 0.3) is 5.91 Å². The minimum absolute atomic E-state index is 0.0807. The second kappa shape index (κ2) is 6.13. The summed E-state index contributed by atoms with van der Waals surface area (Å²) in [5.41, 5.74) is 2.78. The van der Waals surface area contributed by atoms with E-state index in [4.69, 9.17) is 4.74 Å². The van der Waals surface area contributed by atoms with E-state index >= 15 is 0 Å². The van der Waals surface area contributed by atoms with Crippen molar-refractivity contribution in [3.8, 4) is 5.75 Å². The standard InChI is InChI=1S/C15H17N3O2S/c1-20-13-5-3-2-4-12(13)17-6-8-18(9-7-17)15(19)14-10-16-11-21-14/h2-5,10-11H,6-9H2,1H3. The largest absolute Gasteiger partial charge is 0.495 e. The third-order valence-corrected chi connectivity index (χ3v) is 4.40. The Balaban J connectivity index is 1.66. The molecule has 5 nitrogen and oxygen atoms in total. The lowest BCUT2D eigenvalue weighted by Gasteiger charge is -2.36. The lowest BCUT2D eigenvalue weighted by atomic mass is 10.2. The number of hydrogen-bond donors (Lipinski definition) is 0. The molecule has 1 aromatic heterocycles. The van der Waals surface area contributed by atoms with Crippen LogP contribution >= 0.6 is 11.3 Å². The van der Waals surface area contributed by atoms with Crippen LogP contribution in [0.4, 0.5) is 5.69 Å². The van der Waals surface area contributed by atoms with Crippen molar-refractivity contribution in [2.45, 2.75) is 0 Å². The van der Waals surface area contributed by atoms with Crippen LogP contribution in [0, 0.1) is 0 Å². The minimum Gasteiger partial charge on any atom is -0.495 e. The van der Waals surface area contributed by atoms with Crippen LogP contribution in [0.5, 0.6) is 5.75 Å². The first kappa shape index (κ1) is 13.9. The molecule has 0 saturated carbocycles. The topological polar surface area (TPSA) is 45.7 Å². The summed E-state index contributed by atoms with van der Waals surface area (Å²) in [7, 11) is 1.68. The number of piperazine rings is 1. The number of carbonyl (C=O) groups is 1. The van der Waals surface area contributed by atoms with Crippen molar-refractivity contribution in [3.63, 3.8) is 0 Å². The Morgan fingerprint density at radius 3 is 2.67 bits per heavy atom. The Hall–Kier alpha value is -2.08. The summed E-state index contributed by atoms with van der Waals surface area (Å²) >= 11 is 1.39. The number of nitrogens with zero attached hydrogens (tertiary/aromatic N) is 3. The van der Waals surface area contributed by atoms with E-state index in [9.17, 15) is 4.79 Å². The summed E-state index contributed by atoms with van der Waals surface area (Å²) in [5.74, 6) is 0.955. The van der Waals surface area contributed by atoms with E-state index in [1.54, 1.807) is 18.8 Å². The molecule has 21 heavy (non-hydrogen) atoms. The fourth-order valence-electron chi connectivity index (χ4n) is 2.52. The Kier molecular flexibility index (Phi) is 4.06. The van der Waals surface area contributed by atoms with E-state index in [1.165, 1.54) is 11.3 Å². The lowest BCUT2D eigenvalue weighted by molar-refractivity contribution is 0.0751. The van der Waals surface area contributed by atoms with Crippen molar-refractivity contribution in [2.75, 3.05) is 38.2 Å². The Morgan fingerprint density at radius 2 is 2.00 bits per heavy atom. The summed E-state index contributed by atoms with van der Waals surface area (Å²) in [6.45, 7) is 3.05. The van der Waals surface area contributed by atoms with E-state index in [1.807, 2.05) is 23.1 Å². The molecule has 6 heteroatoms. The molecule has 3 rings (SSSR count). The van der Waals surface area contributed by atoms with Crippen LogP contribution in [-0.4, -0.2) is 49.1 Å². The number of ether oxygens (including phenoxy) is 1. The van der Waals surface area contributed by atoms with Crippen molar-refractivity contribution in [1.29, 1.82) is 0 Å². The second-order valence-electron chi connectivity index (χ2n) is 4.82. The predicted molar refractivity (Wildman–Crippen MR) is 83.2 cm³/mol. The first-order chi connectivity index (χ1) is 10.3. The van der Waals surface area contributed by atoms with Crippen molar-refractivity contribution < 1.29 is 9.53 Å². The van der Waals surface area contributed by atoms with Gasteiger partial charge in [0.1, 0.15) is 10.6 Å². The van der Waals surface area contributed by atoms with E-state index in [-0.39, 0.29) is 5.91 Å². The van der Waals surface area contributed by atoms with Gasteiger partial charge in [0.05, 0.1) is 24.5 Å². The van der Waals surface area contributed by atoms with Crippen LogP contribution < -0.4 is 9.64 Å². The molecule has 1 aromatic carbocycles. The first-order valence-corrected chi connectivity index (χ1v) is 7.73. The van der Waals surface area contributed by atoms with Gasteiger partial charge in [0, 0.05) is 26.2 Å². The summed E-state index contributed by atoms with van der Waals surface area (Å²) in [5, 5.41) is 0. The van der Waals surface area contributed by atoms with Gasteiger partial charge in [-0.25, -0.2) is 0 Å². The van der Waals surface area contributed by atoms with Gasteiger partial charge < -0.3 is 14.5 Å². The molecule has 0 atom stereocenters. The number of hydrogen-bond acceptors (Lipinski definition) is 5. The van der Waals surface area contributed by atoms with E-state index in [2.05, 4.69) is 16.0 Å². The minimum atomic E-state index is 0.0807. The van der Waals surface area contributed by atoms with Crippen molar-refractivity contribution in [2.24, 2.45) is 0 Å². The van der Waals surface area contributed by atoms with Crippen LogP contribution in [0.3, 0.4) is 0 Å². The van der Waals surface area contributed by atoms with Gasteiger partial charge in [-0.05, 0) is 12.1 Å². The molecule has 1 aliphatic heterocycles. The highest BCUT2D eigenvalue weighted by Crippen LogP contribution is 2.28. The van der Waals surface area contributed by atoms with Crippen LogP contribution in [0.25, 0.3) is 0 Å². The SMILES string of the molecule is COc1ccccc1N1CCN(C(=O)c2cncs2)CC1. The first-order valence-electron chi connectivity index (χ1n) is 6.85. The number of amides is 1. The van der Waals surface area contributed by atoms with Gasteiger partial charge in [-0.15, -0.1) is 11.3 Å². The number of anilines is 1. The molecule has 0 bridgehead atoms. The van der Waals surface area contributed by atoms with Gasteiger partial charge in [-0.2, -0.15) is 0 Å². The normalized spacial score (nSPS) is 15.1. The fraction of sp³-hybridized carbons (Fsp3) is 0.333. The van der Waals surface area contributed by atoms with E-state index in [0.717, 1.165) is 37.6 Å². The van der Waals surface area contributed by atoms with E-state index < -0.39 is 0 Å². The molecule has 1 amide bonds. The summed E-state index contributed by atoms with van der Waals surface area (Å²) in [6, 6.07) is 7.99. The zero-order valence-corrected chi connectivity index (χ0v) is 12.7. The number of thiazole rings is 1. The maximum atomic E-state index is 12.3. The molecule has 0 spiro atoms. The lowest BCUT2D eigenvalue weighted by Crippen LogP contribution is -2.48. The van der Waals surface area contributed by atoms with Crippen LogP contribution in [0.2, 0.25) is 0 Å². The molecular formula is C15H17N3O2S. The highest BCUT2D eigenvalue weighted by molar-refractivity contribution is 7.11. The Labute approximate surface area is 127 Å². The van der Waals surface area contributed by atoms with E-state index in [0.29, 0.717) is 4.88 Å². The fourth-order valence-corrected chi connectivity index (χ4v) is 3.11. The maximum Gasteiger partial charge on any atom is 0.265 e. The van der Waals surface area contributed by atoms with Crippen molar-refractivity contribution in [1.82, 2.24) is 9.88 Å². The molecule has 1 fully saturated rings. The number of rotatable bonds is 3. The second-order valence-corrected chi connectivity index (χ2v) is 5.70. The third kappa shape index (κ3) is 2.85. The monoisotopic (exact) mass is 303 g/mol. The summed E-state index contributed by atoms with van der Waals surface area (Å²) < 4.78 is 5.40. The molecule has 0 unspecified atom stereocenters. The molecule has 2 aromatic rings. The van der Waals surface area contributed by atoms with Crippen LogP contribution in [0.1, 0.15) is 9.67 Å². The molecule has 0 aliphatic carbocycles. The zero-order valence-electron chi connectivity index (χ0n) is 11.9. The number of benzene rings is 1. The molecule has 0 N–H and O–H groups in total. The summed E-state index contributed by atoms with van der Waals surface area (Å²) in [6.07, 6.45) is 1.64. The molecule has 0 radical (unpaired) electrons. The van der Waals surface area contributed by atoms with Crippen LogP contribution in [-0.2, 0) is 0 Å².